The highest BCUT2D eigenvalue weighted by Gasteiger charge is 2.28. The van der Waals surface area contributed by atoms with Crippen molar-refractivity contribution in [1.29, 1.82) is 0 Å². The second-order valence-corrected chi connectivity index (χ2v) is 5.10. The second-order valence-electron chi connectivity index (χ2n) is 5.10. The largest absolute Gasteiger partial charge is 0.480 e. The number of aromatic nitrogens is 4. The first kappa shape index (κ1) is 13.3. The fourth-order valence-corrected chi connectivity index (χ4v) is 2.19. The summed E-state index contributed by atoms with van der Waals surface area (Å²) in [5.74, 6) is -0.522. The molecule has 1 saturated carbocycles. The third-order valence-electron chi connectivity index (χ3n) is 3.32. The fourth-order valence-electron chi connectivity index (χ4n) is 2.19. The molecular formula is C13H15N5O3. The summed E-state index contributed by atoms with van der Waals surface area (Å²) in [7, 11) is 1.83. The van der Waals surface area contributed by atoms with E-state index in [1.165, 1.54) is 10.9 Å². The standard InChI is InChI=1S/C13H15N5O3/c1-17-10(8-2-3-8)6-9(15-17)13(21)14-11-4-5-18(16-11)7-12(19)20/h4-6,8H,2-3,7H2,1H3,(H,19,20)(H,14,16,21). The highest BCUT2D eigenvalue weighted by Crippen LogP contribution is 2.39. The molecule has 0 saturated heterocycles. The molecular weight excluding hydrogens is 274 g/mol. The number of carbonyl (C=O) groups is 2. The lowest BCUT2D eigenvalue weighted by Gasteiger charge is -1.98. The van der Waals surface area contributed by atoms with E-state index in [4.69, 9.17) is 5.11 Å². The van der Waals surface area contributed by atoms with Gasteiger partial charge in [-0.2, -0.15) is 10.2 Å². The van der Waals surface area contributed by atoms with Crippen molar-refractivity contribution < 1.29 is 14.7 Å². The molecule has 1 aliphatic rings. The smallest absolute Gasteiger partial charge is 0.325 e. The van der Waals surface area contributed by atoms with Gasteiger partial charge < -0.3 is 10.4 Å². The summed E-state index contributed by atoms with van der Waals surface area (Å²) < 4.78 is 2.97. The van der Waals surface area contributed by atoms with Crippen LogP contribution in [0.4, 0.5) is 5.82 Å². The summed E-state index contributed by atoms with van der Waals surface area (Å²) in [5.41, 5.74) is 1.41. The van der Waals surface area contributed by atoms with Crippen LogP contribution < -0.4 is 5.32 Å². The minimum absolute atomic E-state index is 0.245. The van der Waals surface area contributed by atoms with E-state index in [0.29, 0.717) is 17.4 Å². The Hall–Kier alpha value is -2.64. The molecule has 110 valence electrons. The predicted molar refractivity (Wildman–Crippen MR) is 73.0 cm³/mol. The zero-order chi connectivity index (χ0) is 15.0. The summed E-state index contributed by atoms with van der Waals surface area (Å²) in [6, 6.07) is 3.34. The number of aliphatic carboxylic acids is 1. The maximum Gasteiger partial charge on any atom is 0.325 e. The van der Waals surface area contributed by atoms with Gasteiger partial charge in [-0.1, -0.05) is 0 Å². The molecule has 0 spiro atoms. The molecule has 1 aliphatic carbocycles. The molecule has 0 aliphatic heterocycles. The maximum atomic E-state index is 12.1. The van der Waals surface area contributed by atoms with Crippen LogP contribution >= 0.6 is 0 Å². The monoisotopic (exact) mass is 289 g/mol. The van der Waals surface area contributed by atoms with Gasteiger partial charge in [0.05, 0.1) is 0 Å². The number of anilines is 1. The van der Waals surface area contributed by atoms with Crippen molar-refractivity contribution in [3.8, 4) is 0 Å². The third kappa shape index (κ3) is 2.93. The van der Waals surface area contributed by atoms with Crippen LogP contribution in [0.1, 0.15) is 34.9 Å². The average molecular weight is 289 g/mol. The van der Waals surface area contributed by atoms with E-state index >= 15 is 0 Å². The lowest BCUT2D eigenvalue weighted by molar-refractivity contribution is -0.137. The van der Waals surface area contributed by atoms with E-state index in [0.717, 1.165) is 18.5 Å². The number of hydrogen-bond donors (Lipinski definition) is 2. The molecule has 0 unspecified atom stereocenters. The summed E-state index contributed by atoms with van der Waals surface area (Å²) in [5, 5.41) is 19.4. The van der Waals surface area contributed by atoms with E-state index in [2.05, 4.69) is 15.5 Å². The van der Waals surface area contributed by atoms with Gasteiger partial charge in [-0.15, -0.1) is 0 Å². The van der Waals surface area contributed by atoms with Crippen LogP contribution in [0.2, 0.25) is 0 Å². The lowest BCUT2D eigenvalue weighted by atomic mass is 10.2. The molecule has 21 heavy (non-hydrogen) atoms. The number of rotatable bonds is 5. The van der Waals surface area contributed by atoms with Crippen LogP contribution in [0.15, 0.2) is 18.3 Å². The molecule has 8 nitrogen and oxygen atoms in total. The Morgan fingerprint density at radius 2 is 2.19 bits per heavy atom. The molecule has 2 aromatic heterocycles. The predicted octanol–water partition coefficient (Wildman–Crippen LogP) is 0.831. The number of carboxylic acid groups (broad SMARTS) is 1. The van der Waals surface area contributed by atoms with Crippen LogP contribution in [-0.4, -0.2) is 36.5 Å². The van der Waals surface area contributed by atoms with Crippen LogP contribution in [0.3, 0.4) is 0 Å². The first-order chi connectivity index (χ1) is 10.0. The maximum absolute atomic E-state index is 12.1. The van der Waals surface area contributed by atoms with Crippen LogP contribution in [-0.2, 0) is 18.4 Å². The van der Waals surface area contributed by atoms with Crippen LogP contribution in [0.25, 0.3) is 0 Å². The zero-order valence-electron chi connectivity index (χ0n) is 11.5. The normalized spacial score (nSPS) is 14.1. The highest BCUT2D eigenvalue weighted by molar-refractivity contribution is 6.02. The van der Waals surface area contributed by atoms with Crippen LogP contribution in [0, 0.1) is 0 Å². The number of hydrogen-bond acceptors (Lipinski definition) is 4. The molecule has 1 fully saturated rings. The summed E-state index contributed by atoms with van der Waals surface area (Å²) >= 11 is 0. The van der Waals surface area contributed by atoms with Gasteiger partial charge in [0.1, 0.15) is 6.54 Å². The minimum Gasteiger partial charge on any atom is -0.480 e. The van der Waals surface area contributed by atoms with Gasteiger partial charge in [0.2, 0.25) is 0 Å². The number of carboxylic acids is 1. The Bertz CT molecular complexity index is 698. The molecule has 2 N–H and O–H groups in total. The van der Waals surface area contributed by atoms with Gasteiger partial charge in [-0.05, 0) is 18.9 Å². The van der Waals surface area contributed by atoms with Crippen LogP contribution in [0.5, 0.6) is 0 Å². The quantitative estimate of drug-likeness (QED) is 0.848. The van der Waals surface area contributed by atoms with Gasteiger partial charge >= 0.3 is 5.97 Å². The topological polar surface area (TPSA) is 102 Å². The highest BCUT2D eigenvalue weighted by atomic mass is 16.4. The average Bonchev–Trinajstić information content (AvgIpc) is 3.05. The lowest BCUT2D eigenvalue weighted by Crippen LogP contribution is -2.14. The van der Waals surface area contributed by atoms with Gasteiger partial charge in [0.15, 0.2) is 11.5 Å². The Kier molecular flexibility index (Phi) is 3.20. The van der Waals surface area contributed by atoms with E-state index in [1.807, 2.05) is 7.05 Å². The number of amides is 1. The van der Waals surface area contributed by atoms with Gasteiger partial charge in [-0.25, -0.2) is 0 Å². The molecule has 3 rings (SSSR count). The molecule has 0 aromatic carbocycles. The molecule has 1 amide bonds. The van der Waals surface area contributed by atoms with Crippen molar-refractivity contribution in [2.24, 2.45) is 7.05 Å². The molecule has 2 aromatic rings. The van der Waals surface area contributed by atoms with Crippen molar-refractivity contribution in [3.05, 3.63) is 29.7 Å². The van der Waals surface area contributed by atoms with Crippen molar-refractivity contribution in [1.82, 2.24) is 19.6 Å². The van der Waals surface area contributed by atoms with Crippen molar-refractivity contribution >= 4 is 17.7 Å². The fraction of sp³-hybridized carbons (Fsp3) is 0.385. The Balaban J connectivity index is 1.69. The molecule has 0 bridgehead atoms. The molecule has 0 radical (unpaired) electrons. The number of aryl methyl sites for hydroxylation is 1. The summed E-state index contributed by atoms with van der Waals surface area (Å²) in [6.07, 6.45) is 3.78. The molecule has 0 atom stereocenters. The zero-order valence-corrected chi connectivity index (χ0v) is 11.5. The van der Waals surface area contributed by atoms with Crippen molar-refractivity contribution in [2.75, 3.05) is 5.32 Å². The Morgan fingerprint density at radius 3 is 2.86 bits per heavy atom. The molecule has 8 heteroatoms. The Morgan fingerprint density at radius 1 is 1.43 bits per heavy atom. The Labute approximate surface area is 120 Å². The molecule has 2 heterocycles. The van der Waals surface area contributed by atoms with Crippen molar-refractivity contribution in [3.63, 3.8) is 0 Å². The van der Waals surface area contributed by atoms with E-state index in [-0.39, 0.29) is 12.5 Å². The first-order valence-electron chi connectivity index (χ1n) is 6.63. The van der Waals surface area contributed by atoms with Crippen molar-refractivity contribution in [2.45, 2.75) is 25.3 Å². The minimum atomic E-state index is -0.991. The third-order valence-corrected chi connectivity index (χ3v) is 3.32. The first-order valence-corrected chi connectivity index (χ1v) is 6.63. The van der Waals surface area contributed by atoms with E-state index < -0.39 is 5.97 Å². The van der Waals surface area contributed by atoms with Gasteiger partial charge in [-0.3, -0.25) is 19.0 Å². The number of nitrogens with one attached hydrogen (secondary N) is 1. The number of carbonyl (C=O) groups excluding carboxylic acids is 1. The summed E-state index contributed by atoms with van der Waals surface area (Å²) in [4.78, 5) is 22.7. The van der Waals surface area contributed by atoms with E-state index in [1.54, 1.807) is 16.8 Å². The second kappa shape index (κ2) is 5.04. The SMILES string of the molecule is Cn1nc(C(=O)Nc2ccn(CC(=O)O)n2)cc1C1CC1. The number of nitrogens with zero attached hydrogens (tertiary/aromatic N) is 4. The van der Waals surface area contributed by atoms with Gasteiger partial charge in [0.25, 0.3) is 5.91 Å². The van der Waals surface area contributed by atoms with E-state index in [9.17, 15) is 9.59 Å². The summed E-state index contributed by atoms with van der Waals surface area (Å²) in [6.45, 7) is -0.245. The van der Waals surface area contributed by atoms with Gasteiger partial charge in [0, 0.05) is 30.9 Å².